The Hall–Kier alpha value is -5.15. The summed E-state index contributed by atoms with van der Waals surface area (Å²) in [5.74, 6) is 1.13. The highest BCUT2D eigenvalue weighted by atomic mass is 16.9. The summed E-state index contributed by atoms with van der Waals surface area (Å²) in [6, 6.07) is 25.3. The zero-order chi connectivity index (χ0) is 29.8. The van der Waals surface area contributed by atoms with Gasteiger partial charge in [0.1, 0.15) is 46.0 Å². The summed E-state index contributed by atoms with van der Waals surface area (Å²) in [4.78, 5) is 10.3. The molecule has 0 aromatic heterocycles. The van der Waals surface area contributed by atoms with Crippen molar-refractivity contribution in [2.45, 2.75) is 43.0 Å². The van der Waals surface area contributed by atoms with E-state index in [9.17, 15) is 20.3 Å². The largest absolute Gasteiger partial charge is 0.506 e. The first-order valence-electron chi connectivity index (χ1n) is 13.5. The van der Waals surface area contributed by atoms with Crippen molar-refractivity contribution in [2.75, 3.05) is 0 Å². The van der Waals surface area contributed by atoms with Crippen molar-refractivity contribution in [3.05, 3.63) is 112 Å². The molecule has 11 heteroatoms. The average Bonchev–Trinajstić information content (AvgIpc) is 2.97. The molecule has 2 N–H and O–H groups in total. The summed E-state index contributed by atoms with van der Waals surface area (Å²) in [6.07, 6.45) is 1.83. The molecule has 1 saturated carbocycles. The fraction of sp³-hybridized carbons (Fsp3) is 0.219. The summed E-state index contributed by atoms with van der Waals surface area (Å²) in [6.45, 7) is -0.821. The molecule has 1 aliphatic carbocycles. The van der Waals surface area contributed by atoms with E-state index in [0.29, 0.717) is 36.5 Å². The highest BCUT2D eigenvalue weighted by Crippen LogP contribution is 2.59. The lowest BCUT2D eigenvalue weighted by atomic mass is 9.66. The van der Waals surface area contributed by atoms with E-state index in [2.05, 4.69) is 0 Å². The van der Waals surface area contributed by atoms with Crippen LogP contribution in [0.1, 0.15) is 36.0 Å². The number of hydrogen-bond acceptors (Lipinski definition) is 10. The summed E-state index contributed by atoms with van der Waals surface area (Å²) >= 11 is 0. The van der Waals surface area contributed by atoms with Crippen LogP contribution in [-0.2, 0) is 25.4 Å². The minimum atomic E-state index is -0.821. The number of nitriles is 1. The van der Waals surface area contributed by atoms with Crippen LogP contribution in [-0.4, -0.2) is 27.7 Å². The molecule has 0 radical (unpaired) electrons. The Bertz CT molecular complexity index is 1750. The van der Waals surface area contributed by atoms with Crippen molar-refractivity contribution in [2.24, 2.45) is 0 Å². The van der Waals surface area contributed by atoms with Crippen LogP contribution in [0.15, 0.2) is 84.9 Å². The van der Waals surface area contributed by atoms with E-state index in [1.165, 1.54) is 30.3 Å². The van der Waals surface area contributed by atoms with Gasteiger partial charge in [-0.3, -0.25) is 10.1 Å². The highest BCUT2D eigenvalue weighted by Gasteiger charge is 2.62. The first-order valence-corrected chi connectivity index (χ1v) is 13.5. The van der Waals surface area contributed by atoms with Crippen molar-refractivity contribution in [1.82, 2.24) is 0 Å². The van der Waals surface area contributed by atoms with Gasteiger partial charge in [0.2, 0.25) is 0 Å². The maximum absolute atomic E-state index is 11.0. The Kier molecular flexibility index (Phi) is 6.21. The molecule has 216 valence electrons. The molecule has 4 atom stereocenters. The molecular weight excluding hydrogens is 556 g/mol. The molecule has 11 nitrogen and oxygen atoms in total. The van der Waals surface area contributed by atoms with E-state index >= 15 is 0 Å². The number of phenolic OH excluding ortho intramolecular Hbond substituents is 2. The SMILES string of the molecule is N#Cc1ccc(Oc2ccc([C@@]34C[C@@H]5C[C@@](c6ccc(Oc7ccc([N+](=O)[O-])c(O)c7)cc6)(C3)O[C@H](O5)O4)cc2)cc1O. The number of ether oxygens (including phenoxy) is 5. The second-order valence-electron chi connectivity index (χ2n) is 10.8. The van der Waals surface area contributed by atoms with E-state index in [-0.39, 0.29) is 23.2 Å². The summed E-state index contributed by atoms with van der Waals surface area (Å²) in [5.41, 5.74) is 0.397. The van der Waals surface area contributed by atoms with Crippen LogP contribution in [0.5, 0.6) is 34.5 Å². The Balaban J connectivity index is 1.10. The van der Waals surface area contributed by atoms with Gasteiger partial charge >= 0.3 is 5.69 Å². The molecule has 4 fully saturated rings. The first kappa shape index (κ1) is 26.7. The highest BCUT2D eigenvalue weighted by molar-refractivity contribution is 5.51. The van der Waals surface area contributed by atoms with Crippen LogP contribution >= 0.6 is 0 Å². The molecule has 4 aromatic carbocycles. The molecule has 3 heterocycles. The van der Waals surface area contributed by atoms with Crippen molar-refractivity contribution in [1.29, 1.82) is 5.26 Å². The first-order chi connectivity index (χ1) is 20.7. The van der Waals surface area contributed by atoms with Gasteiger partial charge in [-0.2, -0.15) is 5.26 Å². The second kappa shape index (κ2) is 9.99. The van der Waals surface area contributed by atoms with Gasteiger partial charge in [-0.1, -0.05) is 24.3 Å². The third-order valence-electron chi connectivity index (χ3n) is 8.10. The van der Waals surface area contributed by atoms with E-state index in [0.717, 1.165) is 11.1 Å². The van der Waals surface area contributed by atoms with Crippen LogP contribution < -0.4 is 9.47 Å². The Morgan fingerprint density at radius 2 is 1.30 bits per heavy atom. The molecule has 4 aliphatic rings. The van der Waals surface area contributed by atoms with Gasteiger partial charge in [0.15, 0.2) is 5.75 Å². The van der Waals surface area contributed by atoms with Gasteiger partial charge in [0.25, 0.3) is 6.48 Å². The molecular formula is C32H24N2O9. The number of rotatable bonds is 7. The van der Waals surface area contributed by atoms with Gasteiger partial charge in [-0.05, 0) is 53.6 Å². The normalized spacial score (nSPS) is 25.2. The average molecular weight is 581 g/mol. The van der Waals surface area contributed by atoms with Gasteiger partial charge in [0.05, 0.1) is 16.6 Å². The Morgan fingerprint density at radius 3 is 1.77 bits per heavy atom. The number of hydrogen-bond donors (Lipinski definition) is 2. The topological polar surface area (TPSA) is 154 Å². The van der Waals surface area contributed by atoms with Crippen LogP contribution in [0.25, 0.3) is 0 Å². The van der Waals surface area contributed by atoms with Crippen molar-refractivity contribution in [3.63, 3.8) is 0 Å². The maximum Gasteiger partial charge on any atom is 0.310 e. The minimum absolute atomic E-state index is 0.0715. The fourth-order valence-electron chi connectivity index (χ4n) is 6.19. The van der Waals surface area contributed by atoms with E-state index in [4.69, 9.17) is 28.9 Å². The minimum Gasteiger partial charge on any atom is -0.506 e. The molecule has 3 saturated heterocycles. The molecule has 4 bridgehead atoms. The lowest BCUT2D eigenvalue weighted by molar-refractivity contribution is -0.483. The molecule has 8 rings (SSSR count). The zero-order valence-electron chi connectivity index (χ0n) is 22.5. The number of phenols is 2. The van der Waals surface area contributed by atoms with Gasteiger partial charge in [-0.25, -0.2) is 0 Å². The standard InChI is InChI=1S/C32H24N2O9/c33-17-19-1-6-24(13-28(19)35)39-22-7-2-20(3-8-22)31-15-26-16-32(18-31,43-30(41-26)42-31)21-4-9-23(10-5-21)40-25-11-12-27(34(37)38)29(36)14-25/h1-14,26,30,35-36H,15-16,18H2/t26-,30-,31-,32+/m1/s1. The predicted octanol–water partition coefficient (Wildman–Crippen LogP) is 6.47. The van der Waals surface area contributed by atoms with Crippen LogP contribution in [0, 0.1) is 21.4 Å². The van der Waals surface area contributed by atoms with Gasteiger partial charge in [-0.15, -0.1) is 0 Å². The Morgan fingerprint density at radius 1 is 0.791 bits per heavy atom. The third kappa shape index (κ3) is 4.77. The lowest BCUT2D eigenvalue weighted by Gasteiger charge is -2.60. The fourth-order valence-corrected chi connectivity index (χ4v) is 6.19. The lowest BCUT2D eigenvalue weighted by Crippen LogP contribution is -2.63. The van der Waals surface area contributed by atoms with E-state index in [1.54, 1.807) is 18.2 Å². The summed E-state index contributed by atoms with van der Waals surface area (Å²) < 4.78 is 30.3. The number of nitro groups is 1. The predicted molar refractivity (Wildman–Crippen MR) is 149 cm³/mol. The third-order valence-corrected chi connectivity index (χ3v) is 8.10. The molecule has 43 heavy (non-hydrogen) atoms. The number of nitrogens with zero attached hydrogens (tertiary/aromatic N) is 2. The van der Waals surface area contributed by atoms with Crippen molar-refractivity contribution >= 4 is 5.69 Å². The smallest absolute Gasteiger partial charge is 0.310 e. The number of benzene rings is 4. The number of aromatic hydroxyl groups is 2. The van der Waals surface area contributed by atoms with Gasteiger partial charge in [0, 0.05) is 37.5 Å². The van der Waals surface area contributed by atoms with Crippen LogP contribution in [0.3, 0.4) is 0 Å². The second-order valence-corrected chi connectivity index (χ2v) is 10.8. The summed E-state index contributed by atoms with van der Waals surface area (Å²) in [7, 11) is 0. The molecule has 0 amide bonds. The quantitative estimate of drug-likeness (QED) is 0.184. The molecule has 3 aliphatic heterocycles. The zero-order valence-corrected chi connectivity index (χ0v) is 22.5. The van der Waals surface area contributed by atoms with Gasteiger partial charge < -0.3 is 33.9 Å². The maximum atomic E-state index is 11.0. The monoisotopic (exact) mass is 580 g/mol. The van der Waals surface area contributed by atoms with Crippen molar-refractivity contribution < 1.29 is 38.8 Å². The summed E-state index contributed by atoms with van der Waals surface area (Å²) in [5, 5.41) is 39.9. The van der Waals surface area contributed by atoms with Crippen molar-refractivity contribution in [3.8, 4) is 40.6 Å². The van der Waals surface area contributed by atoms with Crippen LogP contribution in [0.2, 0.25) is 0 Å². The van der Waals surface area contributed by atoms with Crippen LogP contribution in [0.4, 0.5) is 5.69 Å². The number of nitro benzene ring substituents is 1. The molecule has 4 aromatic rings. The van der Waals surface area contributed by atoms with E-state index in [1.807, 2.05) is 42.5 Å². The molecule has 0 unspecified atom stereocenters. The molecule has 0 spiro atoms. The van der Waals surface area contributed by atoms with E-state index < -0.39 is 34.0 Å². The Labute approximate surface area is 245 Å².